The molecule has 0 bridgehead atoms. The normalized spacial score (nSPS) is 12.7. The molecular weight excluding hydrogens is 212 g/mol. The third-order valence-electron chi connectivity index (χ3n) is 3.04. The molecule has 1 aromatic carbocycles. The van der Waals surface area contributed by atoms with E-state index in [1.165, 1.54) is 12.0 Å². The largest absolute Gasteiger partial charge is 0.481 e. The zero-order valence-electron chi connectivity index (χ0n) is 10.9. The van der Waals surface area contributed by atoms with Gasteiger partial charge in [-0.3, -0.25) is 4.79 Å². The van der Waals surface area contributed by atoms with Gasteiger partial charge in [-0.1, -0.05) is 45.0 Å². The lowest BCUT2D eigenvalue weighted by Crippen LogP contribution is -2.03. The fraction of sp³-hybridized carbons (Fsp3) is 0.533. The number of aliphatic carboxylic acids is 1. The molecule has 1 N–H and O–H groups in total. The molecule has 0 amide bonds. The maximum absolute atomic E-state index is 10.6. The van der Waals surface area contributed by atoms with Crippen LogP contribution in [0.5, 0.6) is 0 Å². The van der Waals surface area contributed by atoms with Crippen molar-refractivity contribution < 1.29 is 9.90 Å². The molecule has 0 spiro atoms. The number of carboxylic acid groups (broad SMARTS) is 1. The summed E-state index contributed by atoms with van der Waals surface area (Å²) >= 11 is 0. The van der Waals surface area contributed by atoms with Crippen molar-refractivity contribution in [2.45, 2.75) is 46.0 Å². The van der Waals surface area contributed by atoms with E-state index in [9.17, 15) is 4.79 Å². The molecule has 0 saturated carbocycles. The second kappa shape index (κ2) is 6.43. The van der Waals surface area contributed by atoms with Crippen molar-refractivity contribution in [3.63, 3.8) is 0 Å². The van der Waals surface area contributed by atoms with Crippen molar-refractivity contribution in [2.24, 2.45) is 5.92 Å². The summed E-state index contributed by atoms with van der Waals surface area (Å²) in [6.07, 6.45) is 2.50. The van der Waals surface area contributed by atoms with Crippen LogP contribution in [0.15, 0.2) is 24.3 Å². The lowest BCUT2D eigenvalue weighted by atomic mass is 9.95. The standard InChI is InChI=1S/C15H22O2/c1-11(2)4-5-13-6-8-14(9-7-13)12(3)10-15(16)17/h6-9,11-12H,4-5,10H2,1-3H3,(H,16,17)/t12-/m0/s1. The molecule has 2 nitrogen and oxygen atoms in total. The molecule has 0 aromatic heterocycles. The smallest absolute Gasteiger partial charge is 0.303 e. The fourth-order valence-corrected chi connectivity index (χ4v) is 1.85. The summed E-state index contributed by atoms with van der Waals surface area (Å²) in [5.41, 5.74) is 2.45. The van der Waals surface area contributed by atoms with Crippen molar-refractivity contribution >= 4 is 5.97 Å². The van der Waals surface area contributed by atoms with Gasteiger partial charge in [-0.2, -0.15) is 0 Å². The number of benzene rings is 1. The minimum Gasteiger partial charge on any atom is -0.481 e. The second-order valence-electron chi connectivity index (χ2n) is 5.17. The number of aryl methyl sites for hydroxylation is 1. The van der Waals surface area contributed by atoms with Crippen LogP contribution in [0, 0.1) is 5.92 Å². The van der Waals surface area contributed by atoms with Crippen LogP contribution < -0.4 is 0 Å². The van der Waals surface area contributed by atoms with Crippen molar-refractivity contribution in [3.8, 4) is 0 Å². The van der Waals surface area contributed by atoms with Gasteiger partial charge in [0.05, 0.1) is 6.42 Å². The number of hydrogen-bond acceptors (Lipinski definition) is 1. The van der Waals surface area contributed by atoms with Crippen LogP contribution in [0.1, 0.15) is 50.7 Å². The minimum atomic E-state index is -0.735. The van der Waals surface area contributed by atoms with Crippen LogP contribution in [0.2, 0.25) is 0 Å². The van der Waals surface area contributed by atoms with E-state index >= 15 is 0 Å². The van der Waals surface area contributed by atoms with Gasteiger partial charge in [-0.25, -0.2) is 0 Å². The highest BCUT2D eigenvalue weighted by molar-refractivity contribution is 5.67. The van der Waals surface area contributed by atoms with E-state index in [2.05, 4.69) is 38.1 Å². The Labute approximate surface area is 104 Å². The van der Waals surface area contributed by atoms with Crippen LogP contribution in [-0.4, -0.2) is 11.1 Å². The molecule has 1 rings (SSSR count). The molecule has 1 atom stereocenters. The van der Waals surface area contributed by atoms with Gasteiger partial charge in [0.2, 0.25) is 0 Å². The molecule has 2 heteroatoms. The van der Waals surface area contributed by atoms with Gasteiger partial charge in [0.1, 0.15) is 0 Å². The SMILES string of the molecule is CC(C)CCc1ccc([C@@H](C)CC(=O)O)cc1. The Kier molecular flexibility index (Phi) is 5.20. The van der Waals surface area contributed by atoms with Crippen LogP contribution in [0.25, 0.3) is 0 Å². The summed E-state index contributed by atoms with van der Waals surface area (Å²) < 4.78 is 0. The Morgan fingerprint density at radius 3 is 2.24 bits per heavy atom. The highest BCUT2D eigenvalue weighted by atomic mass is 16.4. The van der Waals surface area contributed by atoms with Crippen molar-refractivity contribution in [1.82, 2.24) is 0 Å². The maximum Gasteiger partial charge on any atom is 0.303 e. The Morgan fingerprint density at radius 1 is 1.18 bits per heavy atom. The zero-order valence-corrected chi connectivity index (χ0v) is 10.9. The number of hydrogen-bond donors (Lipinski definition) is 1. The third kappa shape index (κ3) is 5.03. The Morgan fingerprint density at radius 2 is 1.76 bits per heavy atom. The summed E-state index contributed by atoms with van der Waals surface area (Å²) in [5, 5.41) is 8.75. The Hall–Kier alpha value is -1.31. The van der Waals surface area contributed by atoms with Gasteiger partial charge in [0, 0.05) is 0 Å². The molecule has 0 aliphatic heterocycles. The van der Waals surface area contributed by atoms with Crippen LogP contribution >= 0.6 is 0 Å². The van der Waals surface area contributed by atoms with E-state index in [-0.39, 0.29) is 12.3 Å². The molecular formula is C15H22O2. The number of rotatable bonds is 6. The predicted molar refractivity (Wildman–Crippen MR) is 70.3 cm³/mol. The van der Waals surface area contributed by atoms with Crippen LogP contribution in [0.4, 0.5) is 0 Å². The predicted octanol–water partition coefficient (Wildman–Crippen LogP) is 3.85. The quantitative estimate of drug-likeness (QED) is 0.811. The lowest BCUT2D eigenvalue weighted by molar-refractivity contribution is -0.137. The maximum atomic E-state index is 10.6. The van der Waals surface area contributed by atoms with E-state index in [1.54, 1.807) is 0 Å². The molecule has 0 aliphatic rings. The first-order valence-corrected chi connectivity index (χ1v) is 6.29. The number of carbonyl (C=O) groups is 1. The lowest BCUT2D eigenvalue weighted by Gasteiger charge is -2.10. The molecule has 0 saturated heterocycles. The average Bonchev–Trinajstić information content (AvgIpc) is 2.26. The highest BCUT2D eigenvalue weighted by Gasteiger charge is 2.09. The van der Waals surface area contributed by atoms with Gasteiger partial charge in [0.25, 0.3) is 0 Å². The van der Waals surface area contributed by atoms with Gasteiger partial charge in [-0.15, -0.1) is 0 Å². The summed E-state index contributed by atoms with van der Waals surface area (Å²) in [4.78, 5) is 10.6. The van der Waals surface area contributed by atoms with Crippen molar-refractivity contribution in [2.75, 3.05) is 0 Å². The van der Waals surface area contributed by atoms with Gasteiger partial charge < -0.3 is 5.11 Å². The zero-order chi connectivity index (χ0) is 12.8. The Bertz CT molecular complexity index is 352. The van der Waals surface area contributed by atoms with E-state index in [0.29, 0.717) is 0 Å². The average molecular weight is 234 g/mol. The topological polar surface area (TPSA) is 37.3 Å². The van der Waals surface area contributed by atoms with Gasteiger partial charge in [0.15, 0.2) is 0 Å². The molecule has 17 heavy (non-hydrogen) atoms. The van der Waals surface area contributed by atoms with Crippen LogP contribution in [-0.2, 0) is 11.2 Å². The van der Waals surface area contributed by atoms with E-state index in [0.717, 1.165) is 17.9 Å². The number of carboxylic acids is 1. The fourth-order valence-electron chi connectivity index (χ4n) is 1.85. The van der Waals surface area contributed by atoms with Gasteiger partial charge >= 0.3 is 5.97 Å². The van der Waals surface area contributed by atoms with Crippen LogP contribution in [0.3, 0.4) is 0 Å². The van der Waals surface area contributed by atoms with Crippen molar-refractivity contribution in [3.05, 3.63) is 35.4 Å². The Balaban J connectivity index is 2.58. The van der Waals surface area contributed by atoms with Gasteiger partial charge in [-0.05, 0) is 35.8 Å². The second-order valence-corrected chi connectivity index (χ2v) is 5.17. The van der Waals surface area contributed by atoms with E-state index in [4.69, 9.17) is 5.11 Å². The molecule has 0 radical (unpaired) electrons. The molecule has 0 aliphatic carbocycles. The molecule has 1 aromatic rings. The molecule has 0 unspecified atom stereocenters. The van der Waals surface area contributed by atoms with E-state index < -0.39 is 5.97 Å². The summed E-state index contributed by atoms with van der Waals surface area (Å²) in [6, 6.07) is 8.36. The summed E-state index contributed by atoms with van der Waals surface area (Å²) in [5.74, 6) is 0.0774. The van der Waals surface area contributed by atoms with E-state index in [1.807, 2.05) is 6.92 Å². The first-order chi connectivity index (χ1) is 7.99. The summed E-state index contributed by atoms with van der Waals surface area (Å²) in [7, 11) is 0. The monoisotopic (exact) mass is 234 g/mol. The third-order valence-corrected chi connectivity index (χ3v) is 3.04. The first-order valence-electron chi connectivity index (χ1n) is 6.29. The minimum absolute atomic E-state index is 0.0895. The molecule has 94 valence electrons. The first kappa shape index (κ1) is 13.8. The van der Waals surface area contributed by atoms with Crippen molar-refractivity contribution in [1.29, 1.82) is 0 Å². The summed E-state index contributed by atoms with van der Waals surface area (Å²) in [6.45, 7) is 6.41. The highest BCUT2D eigenvalue weighted by Crippen LogP contribution is 2.20. The molecule has 0 fully saturated rings. The molecule has 0 heterocycles.